The number of carbonyl (C=O) groups excluding carboxylic acids is 1. The number of amides is 1. The zero-order valence-corrected chi connectivity index (χ0v) is 7.53. The summed E-state index contributed by atoms with van der Waals surface area (Å²) in [5.41, 5.74) is 6.37. The smallest absolute Gasteiger partial charge is 0.269 e. The maximum absolute atomic E-state index is 10.7. The van der Waals surface area contributed by atoms with Crippen molar-refractivity contribution in [1.29, 1.82) is 0 Å². The van der Waals surface area contributed by atoms with Crippen molar-refractivity contribution in [2.45, 2.75) is 26.8 Å². The summed E-state index contributed by atoms with van der Waals surface area (Å²) in [6, 6.07) is 1.96. The van der Waals surface area contributed by atoms with Gasteiger partial charge >= 0.3 is 0 Å². The molecule has 4 heteroatoms. The first-order chi connectivity index (χ1) is 5.52. The van der Waals surface area contributed by atoms with E-state index < -0.39 is 5.91 Å². The van der Waals surface area contributed by atoms with Gasteiger partial charge in [0.2, 0.25) is 0 Å². The SMILES string of the molecule is Cc1cc(C(N)=O)nn1C(C)C. The van der Waals surface area contributed by atoms with Crippen molar-refractivity contribution in [3.8, 4) is 0 Å². The molecule has 1 aromatic heterocycles. The fraction of sp³-hybridized carbons (Fsp3) is 0.500. The van der Waals surface area contributed by atoms with Crippen LogP contribution in [0, 0.1) is 6.92 Å². The maximum atomic E-state index is 10.7. The van der Waals surface area contributed by atoms with Crippen molar-refractivity contribution in [3.63, 3.8) is 0 Å². The lowest BCUT2D eigenvalue weighted by Gasteiger charge is -2.06. The van der Waals surface area contributed by atoms with Gasteiger partial charge in [-0.2, -0.15) is 5.10 Å². The van der Waals surface area contributed by atoms with Crippen LogP contribution in [-0.4, -0.2) is 15.7 Å². The molecule has 1 rings (SSSR count). The summed E-state index contributed by atoms with van der Waals surface area (Å²) >= 11 is 0. The van der Waals surface area contributed by atoms with Gasteiger partial charge in [0, 0.05) is 11.7 Å². The van der Waals surface area contributed by atoms with E-state index in [1.54, 1.807) is 10.7 Å². The highest BCUT2D eigenvalue weighted by atomic mass is 16.1. The van der Waals surface area contributed by atoms with E-state index in [9.17, 15) is 4.79 Å². The topological polar surface area (TPSA) is 60.9 Å². The molecule has 1 amide bonds. The molecule has 0 aromatic carbocycles. The van der Waals surface area contributed by atoms with Crippen LogP contribution < -0.4 is 5.73 Å². The highest BCUT2D eigenvalue weighted by molar-refractivity contribution is 5.90. The molecule has 12 heavy (non-hydrogen) atoms. The van der Waals surface area contributed by atoms with E-state index in [1.165, 1.54) is 0 Å². The van der Waals surface area contributed by atoms with Crippen LogP contribution in [0.25, 0.3) is 0 Å². The lowest BCUT2D eigenvalue weighted by Crippen LogP contribution is -2.13. The van der Waals surface area contributed by atoms with Gasteiger partial charge in [0.25, 0.3) is 5.91 Å². The van der Waals surface area contributed by atoms with E-state index in [1.807, 2.05) is 20.8 Å². The molecule has 0 radical (unpaired) electrons. The van der Waals surface area contributed by atoms with Crippen LogP contribution in [0.4, 0.5) is 0 Å². The number of nitrogens with two attached hydrogens (primary N) is 1. The molecule has 0 saturated heterocycles. The minimum absolute atomic E-state index is 0.262. The molecule has 2 N–H and O–H groups in total. The van der Waals surface area contributed by atoms with Crippen LogP contribution in [-0.2, 0) is 0 Å². The van der Waals surface area contributed by atoms with E-state index in [4.69, 9.17) is 5.73 Å². The third kappa shape index (κ3) is 1.47. The Morgan fingerprint density at radius 1 is 1.67 bits per heavy atom. The number of hydrogen-bond donors (Lipinski definition) is 1. The lowest BCUT2D eigenvalue weighted by molar-refractivity contribution is 0.0994. The standard InChI is InChI=1S/C8H13N3O/c1-5(2)11-6(3)4-7(10-11)8(9)12/h4-5H,1-3H3,(H2,9,12). The predicted octanol–water partition coefficient (Wildman–Crippen LogP) is 0.871. The van der Waals surface area contributed by atoms with Crippen molar-refractivity contribution in [2.75, 3.05) is 0 Å². The van der Waals surface area contributed by atoms with Crippen LogP contribution >= 0.6 is 0 Å². The Labute approximate surface area is 71.4 Å². The van der Waals surface area contributed by atoms with Crippen molar-refractivity contribution in [1.82, 2.24) is 9.78 Å². The third-order valence-electron chi connectivity index (χ3n) is 1.66. The van der Waals surface area contributed by atoms with E-state index in [0.29, 0.717) is 5.69 Å². The summed E-state index contributed by atoms with van der Waals surface area (Å²) in [4.78, 5) is 10.7. The number of carbonyl (C=O) groups is 1. The second-order valence-electron chi connectivity index (χ2n) is 3.07. The summed E-state index contributed by atoms with van der Waals surface area (Å²) in [5, 5.41) is 4.05. The number of aromatic nitrogens is 2. The Bertz CT molecular complexity index is 301. The summed E-state index contributed by atoms with van der Waals surface area (Å²) in [5.74, 6) is -0.475. The molecule has 1 aromatic rings. The van der Waals surface area contributed by atoms with Gasteiger partial charge in [-0.1, -0.05) is 0 Å². The molecule has 0 unspecified atom stereocenters. The van der Waals surface area contributed by atoms with Gasteiger partial charge in [0.15, 0.2) is 0 Å². The minimum Gasteiger partial charge on any atom is -0.364 e. The van der Waals surface area contributed by atoms with Gasteiger partial charge in [-0.05, 0) is 26.8 Å². The molecule has 0 bridgehead atoms. The molecule has 4 nitrogen and oxygen atoms in total. The minimum atomic E-state index is -0.475. The Hall–Kier alpha value is -1.32. The molecule has 0 aliphatic rings. The largest absolute Gasteiger partial charge is 0.364 e. The van der Waals surface area contributed by atoms with Gasteiger partial charge < -0.3 is 5.73 Å². The maximum Gasteiger partial charge on any atom is 0.269 e. The van der Waals surface area contributed by atoms with E-state index in [2.05, 4.69) is 5.10 Å². The zero-order valence-electron chi connectivity index (χ0n) is 7.53. The first-order valence-electron chi connectivity index (χ1n) is 3.88. The highest BCUT2D eigenvalue weighted by Gasteiger charge is 2.09. The summed E-state index contributed by atoms with van der Waals surface area (Å²) in [6.07, 6.45) is 0. The Morgan fingerprint density at radius 3 is 2.50 bits per heavy atom. The van der Waals surface area contributed by atoms with Gasteiger partial charge in [-0.15, -0.1) is 0 Å². The first kappa shape index (κ1) is 8.77. The zero-order chi connectivity index (χ0) is 9.30. The normalized spacial score (nSPS) is 10.7. The summed E-state index contributed by atoms with van der Waals surface area (Å²) in [6.45, 7) is 5.91. The van der Waals surface area contributed by atoms with Gasteiger partial charge in [-0.3, -0.25) is 9.48 Å². The summed E-state index contributed by atoms with van der Waals surface area (Å²) in [7, 11) is 0. The Balaban J connectivity index is 3.09. The number of hydrogen-bond acceptors (Lipinski definition) is 2. The van der Waals surface area contributed by atoms with E-state index in [-0.39, 0.29) is 6.04 Å². The number of primary amides is 1. The second kappa shape index (κ2) is 2.97. The van der Waals surface area contributed by atoms with Crippen LogP contribution in [0.2, 0.25) is 0 Å². The van der Waals surface area contributed by atoms with Crippen LogP contribution in [0.1, 0.15) is 36.1 Å². The van der Waals surface area contributed by atoms with Crippen LogP contribution in [0.15, 0.2) is 6.07 Å². The molecule has 0 aliphatic heterocycles. The van der Waals surface area contributed by atoms with Gasteiger partial charge in [-0.25, -0.2) is 0 Å². The average Bonchev–Trinajstić information content (AvgIpc) is 2.30. The lowest BCUT2D eigenvalue weighted by atomic mass is 10.3. The second-order valence-corrected chi connectivity index (χ2v) is 3.07. The first-order valence-corrected chi connectivity index (χ1v) is 3.88. The van der Waals surface area contributed by atoms with Crippen molar-refractivity contribution < 1.29 is 4.79 Å². The average molecular weight is 167 g/mol. The van der Waals surface area contributed by atoms with Crippen molar-refractivity contribution in [3.05, 3.63) is 17.5 Å². The van der Waals surface area contributed by atoms with Crippen LogP contribution in [0.3, 0.4) is 0 Å². The molecule has 0 fully saturated rings. The van der Waals surface area contributed by atoms with Crippen LogP contribution in [0.5, 0.6) is 0 Å². The Kier molecular flexibility index (Phi) is 2.17. The molecule has 0 aliphatic carbocycles. The Morgan fingerprint density at radius 2 is 2.25 bits per heavy atom. The molecule has 0 atom stereocenters. The fourth-order valence-electron chi connectivity index (χ4n) is 1.13. The third-order valence-corrected chi connectivity index (χ3v) is 1.66. The molecule has 66 valence electrons. The quantitative estimate of drug-likeness (QED) is 0.710. The molecular formula is C8H13N3O. The monoisotopic (exact) mass is 167 g/mol. The van der Waals surface area contributed by atoms with Gasteiger partial charge in [0.05, 0.1) is 0 Å². The highest BCUT2D eigenvalue weighted by Crippen LogP contribution is 2.09. The molecular weight excluding hydrogens is 154 g/mol. The van der Waals surface area contributed by atoms with E-state index >= 15 is 0 Å². The molecule has 1 heterocycles. The van der Waals surface area contributed by atoms with Crippen molar-refractivity contribution in [2.24, 2.45) is 5.73 Å². The van der Waals surface area contributed by atoms with Gasteiger partial charge in [0.1, 0.15) is 5.69 Å². The van der Waals surface area contributed by atoms with E-state index in [0.717, 1.165) is 5.69 Å². The molecule has 0 spiro atoms. The fourth-order valence-corrected chi connectivity index (χ4v) is 1.13. The number of aryl methyl sites for hydroxylation is 1. The molecule has 0 saturated carbocycles. The predicted molar refractivity (Wildman–Crippen MR) is 45.9 cm³/mol. The van der Waals surface area contributed by atoms with Crippen molar-refractivity contribution >= 4 is 5.91 Å². The number of rotatable bonds is 2. The summed E-state index contributed by atoms with van der Waals surface area (Å²) < 4.78 is 1.78. The number of nitrogens with zero attached hydrogens (tertiary/aromatic N) is 2.